The van der Waals surface area contributed by atoms with Crippen LogP contribution in [-0.2, 0) is 20.4 Å². The van der Waals surface area contributed by atoms with E-state index in [1.807, 2.05) is 0 Å². The minimum absolute atomic E-state index is 0.173. The van der Waals surface area contributed by atoms with Crippen molar-refractivity contribution in [3.05, 3.63) is 60.3 Å². The zero-order valence-electron chi connectivity index (χ0n) is 11.4. The van der Waals surface area contributed by atoms with Gasteiger partial charge in [0.05, 0.1) is 0 Å². The standard InChI is InChI=1S/C14H15N3O3S/c1-14(13(15)18,11-7-3-2-4-8-11)17-21(19,20)12-9-5-6-10-16-12/h2-10,17H,1H3,(H2,15,18)/t14-/m0/s1. The Bertz CT molecular complexity index is 733. The fraction of sp³-hybridized carbons (Fsp3) is 0.143. The van der Waals surface area contributed by atoms with Crippen LogP contribution in [0.2, 0.25) is 0 Å². The van der Waals surface area contributed by atoms with Gasteiger partial charge >= 0.3 is 0 Å². The molecule has 1 heterocycles. The highest BCUT2D eigenvalue weighted by atomic mass is 32.2. The number of carbonyl (C=O) groups excluding carboxylic acids is 1. The molecule has 0 unspecified atom stereocenters. The number of nitrogens with zero attached hydrogens (tertiary/aromatic N) is 1. The maximum atomic E-state index is 12.3. The van der Waals surface area contributed by atoms with Gasteiger partial charge in [0.1, 0.15) is 5.54 Å². The quantitative estimate of drug-likeness (QED) is 0.851. The number of carbonyl (C=O) groups is 1. The summed E-state index contributed by atoms with van der Waals surface area (Å²) in [6, 6.07) is 12.9. The number of hydrogen-bond acceptors (Lipinski definition) is 4. The molecule has 0 saturated heterocycles. The first kappa shape index (κ1) is 15.1. The fourth-order valence-corrected chi connectivity index (χ4v) is 3.17. The zero-order chi connectivity index (χ0) is 15.5. The van der Waals surface area contributed by atoms with Crippen LogP contribution in [0.5, 0.6) is 0 Å². The average Bonchev–Trinajstić information content (AvgIpc) is 2.48. The highest BCUT2D eigenvalue weighted by Gasteiger charge is 2.38. The molecule has 21 heavy (non-hydrogen) atoms. The Hall–Kier alpha value is -2.25. The van der Waals surface area contributed by atoms with Crippen molar-refractivity contribution in [2.75, 3.05) is 0 Å². The molecule has 6 nitrogen and oxygen atoms in total. The van der Waals surface area contributed by atoms with Gasteiger partial charge in [-0.1, -0.05) is 36.4 Å². The summed E-state index contributed by atoms with van der Waals surface area (Å²) in [5.41, 5.74) is 4.30. The molecule has 7 heteroatoms. The summed E-state index contributed by atoms with van der Waals surface area (Å²) in [7, 11) is -3.97. The second-order valence-electron chi connectivity index (χ2n) is 4.63. The molecule has 0 aliphatic heterocycles. The molecule has 2 aromatic rings. The number of sulfonamides is 1. The van der Waals surface area contributed by atoms with Crippen molar-refractivity contribution >= 4 is 15.9 Å². The monoisotopic (exact) mass is 305 g/mol. The number of aromatic nitrogens is 1. The van der Waals surface area contributed by atoms with Crippen LogP contribution in [-0.4, -0.2) is 19.3 Å². The second-order valence-corrected chi connectivity index (χ2v) is 6.26. The molecule has 0 spiro atoms. The summed E-state index contributed by atoms with van der Waals surface area (Å²) in [6.07, 6.45) is 1.36. The average molecular weight is 305 g/mol. The second kappa shape index (κ2) is 5.63. The lowest BCUT2D eigenvalue weighted by Crippen LogP contribution is -2.52. The van der Waals surface area contributed by atoms with Gasteiger partial charge in [0.25, 0.3) is 10.0 Å². The summed E-state index contributed by atoms with van der Waals surface area (Å²) in [6.45, 7) is 1.42. The van der Waals surface area contributed by atoms with Gasteiger partial charge in [-0.25, -0.2) is 13.4 Å². The number of amides is 1. The normalized spacial score (nSPS) is 14.3. The van der Waals surface area contributed by atoms with Crippen LogP contribution in [0.15, 0.2) is 59.8 Å². The van der Waals surface area contributed by atoms with Crippen molar-refractivity contribution < 1.29 is 13.2 Å². The summed E-state index contributed by atoms with van der Waals surface area (Å²) in [4.78, 5) is 15.6. The summed E-state index contributed by atoms with van der Waals surface area (Å²) in [5, 5.41) is -0.173. The lowest BCUT2D eigenvalue weighted by Gasteiger charge is -2.27. The van der Waals surface area contributed by atoms with E-state index < -0.39 is 21.5 Å². The van der Waals surface area contributed by atoms with Gasteiger partial charge in [-0.3, -0.25) is 4.79 Å². The van der Waals surface area contributed by atoms with Crippen LogP contribution in [0.4, 0.5) is 0 Å². The highest BCUT2D eigenvalue weighted by Crippen LogP contribution is 2.22. The molecular formula is C14H15N3O3S. The van der Waals surface area contributed by atoms with E-state index in [2.05, 4.69) is 9.71 Å². The number of hydrogen-bond donors (Lipinski definition) is 2. The molecule has 1 amide bonds. The molecule has 0 aliphatic rings. The van der Waals surface area contributed by atoms with Crippen LogP contribution in [0.3, 0.4) is 0 Å². The molecule has 3 N–H and O–H groups in total. The molecule has 2 rings (SSSR count). The molecule has 0 radical (unpaired) electrons. The van der Waals surface area contributed by atoms with Gasteiger partial charge in [-0.05, 0) is 24.6 Å². The molecule has 1 aromatic carbocycles. The molecule has 1 atom stereocenters. The SMILES string of the molecule is C[C@@](NS(=O)(=O)c1ccccn1)(C(N)=O)c1ccccc1. The van der Waals surface area contributed by atoms with E-state index in [0.717, 1.165) is 0 Å². The van der Waals surface area contributed by atoms with E-state index in [0.29, 0.717) is 5.56 Å². The Balaban J connectivity index is 2.45. The van der Waals surface area contributed by atoms with Crippen LogP contribution in [0, 0.1) is 0 Å². The predicted molar refractivity (Wildman–Crippen MR) is 77.5 cm³/mol. The number of primary amides is 1. The third kappa shape index (κ3) is 3.09. The maximum Gasteiger partial charge on any atom is 0.259 e. The molecular weight excluding hydrogens is 290 g/mol. The van der Waals surface area contributed by atoms with E-state index in [4.69, 9.17) is 5.73 Å². The topological polar surface area (TPSA) is 102 Å². The third-order valence-corrected chi connectivity index (χ3v) is 4.56. The first-order chi connectivity index (χ1) is 9.86. The van der Waals surface area contributed by atoms with Gasteiger partial charge in [-0.2, -0.15) is 4.72 Å². The van der Waals surface area contributed by atoms with Crippen molar-refractivity contribution in [2.45, 2.75) is 17.5 Å². The van der Waals surface area contributed by atoms with Crippen LogP contribution in [0.25, 0.3) is 0 Å². The predicted octanol–water partition coefficient (Wildman–Crippen LogP) is 0.761. The molecule has 0 saturated carbocycles. The number of nitrogens with one attached hydrogen (secondary N) is 1. The van der Waals surface area contributed by atoms with Crippen molar-refractivity contribution in [2.24, 2.45) is 5.73 Å². The third-order valence-electron chi connectivity index (χ3n) is 3.10. The van der Waals surface area contributed by atoms with Crippen molar-refractivity contribution in [1.29, 1.82) is 0 Å². The Morgan fingerprint density at radius 1 is 1.14 bits per heavy atom. The van der Waals surface area contributed by atoms with Crippen molar-refractivity contribution in [1.82, 2.24) is 9.71 Å². The Kier molecular flexibility index (Phi) is 4.06. The summed E-state index contributed by atoms with van der Waals surface area (Å²) >= 11 is 0. The molecule has 110 valence electrons. The van der Waals surface area contributed by atoms with Crippen LogP contribution < -0.4 is 10.5 Å². The smallest absolute Gasteiger partial charge is 0.259 e. The van der Waals surface area contributed by atoms with Gasteiger partial charge < -0.3 is 5.73 Å². The van der Waals surface area contributed by atoms with E-state index in [1.165, 1.54) is 19.2 Å². The molecule has 0 fully saturated rings. The summed E-state index contributed by atoms with van der Waals surface area (Å²) < 4.78 is 27.0. The van der Waals surface area contributed by atoms with Gasteiger partial charge in [0.2, 0.25) is 5.91 Å². The Labute approximate surface area is 123 Å². The zero-order valence-corrected chi connectivity index (χ0v) is 12.2. The van der Waals surface area contributed by atoms with E-state index in [9.17, 15) is 13.2 Å². The molecule has 1 aromatic heterocycles. The Morgan fingerprint density at radius 3 is 2.29 bits per heavy atom. The van der Waals surface area contributed by atoms with E-state index in [1.54, 1.807) is 42.5 Å². The van der Waals surface area contributed by atoms with E-state index >= 15 is 0 Å². The summed E-state index contributed by atoms with van der Waals surface area (Å²) in [5.74, 6) is -0.798. The van der Waals surface area contributed by atoms with Gasteiger partial charge in [0.15, 0.2) is 5.03 Å². The number of nitrogens with two attached hydrogens (primary N) is 1. The van der Waals surface area contributed by atoms with Crippen molar-refractivity contribution in [3.63, 3.8) is 0 Å². The number of benzene rings is 1. The van der Waals surface area contributed by atoms with Gasteiger partial charge in [-0.15, -0.1) is 0 Å². The minimum Gasteiger partial charge on any atom is -0.368 e. The Morgan fingerprint density at radius 2 is 1.76 bits per heavy atom. The molecule has 0 bridgehead atoms. The lowest BCUT2D eigenvalue weighted by atomic mass is 9.93. The number of rotatable bonds is 5. The maximum absolute atomic E-state index is 12.3. The highest BCUT2D eigenvalue weighted by molar-refractivity contribution is 7.89. The van der Waals surface area contributed by atoms with Crippen LogP contribution >= 0.6 is 0 Å². The van der Waals surface area contributed by atoms with E-state index in [-0.39, 0.29) is 5.03 Å². The van der Waals surface area contributed by atoms with Crippen molar-refractivity contribution in [3.8, 4) is 0 Å². The largest absolute Gasteiger partial charge is 0.368 e. The lowest BCUT2D eigenvalue weighted by molar-refractivity contribution is -0.123. The van der Waals surface area contributed by atoms with Gasteiger partial charge in [0, 0.05) is 6.20 Å². The first-order valence-corrected chi connectivity index (χ1v) is 7.65. The molecule has 0 aliphatic carbocycles. The van der Waals surface area contributed by atoms with Crippen LogP contribution in [0.1, 0.15) is 12.5 Å². The minimum atomic E-state index is -3.97. The fourth-order valence-electron chi connectivity index (χ4n) is 1.85. The first-order valence-electron chi connectivity index (χ1n) is 6.17. The number of pyridine rings is 1.